The summed E-state index contributed by atoms with van der Waals surface area (Å²) >= 11 is 0. The Kier molecular flexibility index (Phi) is 3.35. The summed E-state index contributed by atoms with van der Waals surface area (Å²) in [6, 6.07) is 15.6. The van der Waals surface area contributed by atoms with Gasteiger partial charge in [-0.25, -0.2) is 9.48 Å². The number of nitrogens with zero attached hydrogens (tertiary/aromatic N) is 3. The van der Waals surface area contributed by atoms with Gasteiger partial charge in [-0.05, 0) is 24.7 Å². The van der Waals surface area contributed by atoms with Crippen molar-refractivity contribution in [3.63, 3.8) is 0 Å². The first-order chi connectivity index (χ1) is 9.79. The highest BCUT2D eigenvalue weighted by Gasteiger charge is 2.13. The van der Waals surface area contributed by atoms with Crippen LogP contribution >= 0.6 is 0 Å². The molecule has 0 fully saturated rings. The van der Waals surface area contributed by atoms with Crippen LogP contribution in [0.25, 0.3) is 5.65 Å². The molecule has 1 atom stereocenters. The summed E-state index contributed by atoms with van der Waals surface area (Å²) in [4.78, 5) is 12.2. The molecule has 0 aliphatic rings. The fraction of sp³-hybridized carbons (Fsp3) is 0.200. The van der Waals surface area contributed by atoms with E-state index in [1.165, 1.54) is 4.68 Å². The van der Waals surface area contributed by atoms with Gasteiger partial charge < -0.3 is 5.32 Å². The minimum atomic E-state index is -0.114. The van der Waals surface area contributed by atoms with E-state index in [0.29, 0.717) is 12.2 Å². The highest BCUT2D eigenvalue weighted by Crippen LogP contribution is 2.13. The lowest BCUT2D eigenvalue weighted by molar-refractivity contribution is 0.458. The van der Waals surface area contributed by atoms with Crippen molar-refractivity contribution in [2.45, 2.75) is 12.6 Å². The van der Waals surface area contributed by atoms with E-state index in [9.17, 15) is 4.79 Å². The van der Waals surface area contributed by atoms with Crippen LogP contribution < -0.4 is 11.0 Å². The summed E-state index contributed by atoms with van der Waals surface area (Å²) in [7, 11) is 1.89. The van der Waals surface area contributed by atoms with Gasteiger partial charge in [0, 0.05) is 6.20 Å². The fourth-order valence-electron chi connectivity index (χ4n) is 2.31. The van der Waals surface area contributed by atoms with Crippen LogP contribution in [-0.4, -0.2) is 21.2 Å². The Bertz CT molecular complexity index is 760. The van der Waals surface area contributed by atoms with E-state index in [0.717, 1.165) is 5.56 Å². The zero-order chi connectivity index (χ0) is 13.9. The number of likely N-dealkylation sites (N-methyl/N-ethyl adjacent to an activating group) is 1. The van der Waals surface area contributed by atoms with Crippen molar-refractivity contribution in [3.05, 3.63) is 70.8 Å². The van der Waals surface area contributed by atoms with Crippen LogP contribution in [-0.2, 0) is 6.54 Å². The average Bonchev–Trinajstić information content (AvgIpc) is 2.82. The number of hydrogen-bond acceptors (Lipinski definition) is 3. The molecule has 0 saturated carbocycles. The van der Waals surface area contributed by atoms with Crippen molar-refractivity contribution in [2.24, 2.45) is 0 Å². The summed E-state index contributed by atoms with van der Waals surface area (Å²) in [6.07, 6.45) is 1.73. The molecule has 20 heavy (non-hydrogen) atoms. The van der Waals surface area contributed by atoms with Gasteiger partial charge >= 0.3 is 5.69 Å². The first kappa shape index (κ1) is 12.6. The molecule has 102 valence electrons. The van der Waals surface area contributed by atoms with Crippen molar-refractivity contribution in [2.75, 3.05) is 7.05 Å². The lowest BCUT2D eigenvalue weighted by atomic mass is 10.1. The van der Waals surface area contributed by atoms with Crippen molar-refractivity contribution in [1.29, 1.82) is 0 Å². The van der Waals surface area contributed by atoms with E-state index < -0.39 is 0 Å². The predicted molar refractivity (Wildman–Crippen MR) is 77.7 cm³/mol. The van der Waals surface area contributed by atoms with Crippen LogP contribution in [0.5, 0.6) is 0 Å². The maximum Gasteiger partial charge on any atom is 0.350 e. The molecule has 0 saturated heterocycles. The highest BCUT2D eigenvalue weighted by atomic mass is 16.2. The van der Waals surface area contributed by atoms with Gasteiger partial charge in [-0.15, -0.1) is 5.10 Å². The van der Waals surface area contributed by atoms with Gasteiger partial charge in [0.15, 0.2) is 5.65 Å². The van der Waals surface area contributed by atoms with Gasteiger partial charge in [0.25, 0.3) is 0 Å². The Labute approximate surface area is 116 Å². The molecular formula is C15H16N4O. The monoisotopic (exact) mass is 268 g/mol. The molecule has 1 N–H and O–H groups in total. The zero-order valence-corrected chi connectivity index (χ0v) is 11.2. The molecule has 1 aromatic carbocycles. The minimum absolute atomic E-state index is 0.0545. The van der Waals surface area contributed by atoms with Crippen molar-refractivity contribution >= 4 is 5.65 Å². The van der Waals surface area contributed by atoms with Gasteiger partial charge in [-0.3, -0.25) is 4.40 Å². The third-order valence-corrected chi connectivity index (χ3v) is 3.39. The van der Waals surface area contributed by atoms with Gasteiger partial charge in [0.1, 0.15) is 0 Å². The molecular weight excluding hydrogens is 252 g/mol. The summed E-state index contributed by atoms with van der Waals surface area (Å²) in [5, 5.41) is 7.58. The van der Waals surface area contributed by atoms with Crippen LogP contribution in [0.2, 0.25) is 0 Å². The minimum Gasteiger partial charge on any atom is -0.311 e. The molecule has 0 spiro atoms. The second kappa shape index (κ2) is 5.30. The van der Waals surface area contributed by atoms with Gasteiger partial charge in [0.2, 0.25) is 0 Å². The molecule has 0 aliphatic heterocycles. The van der Waals surface area contributed by atoms with Crippen molar-refractivity contribution < 1.29 is 0 Å². The normalized spacial score (nSPS) is 12.7. The Morgan fingerprint density at radius 2 is 1.90 bits per heavy atom. The quantitative estimate of drug-likeness (QED) is 0.779. The highest BCUT2D eigenvalue weighted by molar-refractivity contribution is 5.35. The first-order valence-corrected chi connectivity index (χ1v) is 6.56. The number of nitrogens with one attached hydrogen (secondary N) is 1. The van der Waals surface area contributed by atoms with Gasteiger partial charge in [0.05, 0.1) is 12.6 Å². The lowest BCUT2D eigenvalue weighted by Crippen LogP contribution is -2.29. The second-order valence-electron chi connectivity index (χ2n) is 4.65. The predicted octanol–water partition coefficient (Wildman–Crippen LogP) is 1.46. The second-order valence-corrected chi connectivity index (χ2v) is 4.65. The number of fused-ring (bicyclic) bond motifs is 1. The number of aromatic nitrogens is 3. The first-order valence-electron chi connectivity index (χ1n) is 6.56. The van der Waals surface area contributed by atoms with E-state index in [4.69, 9.17) is 0 Å². The number of pyridine rings is 1. The maximum absolute atomic E-state index is 12.2. The fourth-order valence-corrected chi connectivity index (χ4v) is 2.31. The summed E-state index contributed by atoms with van der Waals surface area (Å²) < 4.78 is 3.06. The van der Waals surface area contributed by atoms with Crippen LogP contribution in [0, 0.1) is 0 Å². The SMILES string of the molecule is CNC(Cn1nc2ccccn2c1=O)c1ccccc1. The maximum atomic E-state index is 12.2. The van der Waals surface area contributed by atoms with Crippen LogP contribution in [0.3, 0.4) is 0 Å². The smallest absolute Gasteiger partial charge is 0.311 e. The average molecular weight is 268 g/mol. The van der Waals surface area contributed by atoms with Gasteiger partial charge in [-0.1, -0.05) is 36.4 Å². The standard InChI is InChI=1S/C15H16N4O/c1-16-13(12-7-3-2-4-8-12)11-19-15(20)18-10-6-5-9-14(18)17-19/h2-10,13,16H,11H2,1H3. The molecule has 3 rings (SSSR count). The van der Waals surface area contributed by atoms with Crippen molar-refractivity contribution in [1.82, 2.24) is 19.5 Å². The van der Waals surface area contributed by atoms with E-state index in [2.05, 4.69) is 10.4 Å². The van der Waals surface area contributed by atoms with E-state index in [1.807, 2.05) is 55.6 Å². The Morgan fingerprint density at radius 1 is 1.15 bits per heavy atom. The summed E-state index contributed by atoms with van der Waals surface area (Å²) in [6.45, 7) is 0.501. The molecule has 5 heteroatoms. The molecule has 0 aliphatic carbocycles. The third kappa shape index (κ3) is 2.23. The molecule has 2 aromatic heterocycles. The molecule has 2 heterocycles. The van der Waals surface area contributed by atoms with Crippen LogP contribution in [0.1, 0.15) is 11.6 Å². The molecule has 0 bridgehead atoms. The van der Waals surface area contributed by atoms with Crippen molar-refractivity contribution in [3.8, 4) is 0 Å². The number of benzene rings is 1. The molecule has 5 nitrogen and oxygen atoms in total. The largest absolute Gasteiger partial charge is 0.350 e. The van der Waals surface area contributed by atoms with Crippen LogP contribution in [0.4, 0.5) is 0 Å². The van der Waals surface area contributed by atoms with E-state index >= 15 is 0 Å². The Hall–Kier alpha value is -2.40. The lowest BCUT2D eigenvalue weighted by Gasteiger charge is -2.15. The molecule has 3 aromatic rings. The Balaban J connectivity index is 1.96. The third-order valence-electron chi connectivity index (χ3n) is 3.39. The topological polar surface area (TPSA) is 51.3 Å². The van der Waals surface area contributed by atoms with Gasteiger partial charge in [-0.2, -0.15) is 0 Å². The Morgan fingerprint density at radius 3 is 2.60 bits per heavy atom. The molecule has 0 radical (unpaired) electrons. The molecule has 1 unspecified atom stereocenters. The molecule has 0 amide bonds. The van der Waals surface area contributed by atoms with E-state index in [1.54, 1.807) is 10.6 Å². The van der Waals surface area contributed by atoms with Crippen LogP contribution in [0.15, 0.2) is 59.5 Å². The number of rotatable bonds is 4. The summed E-state index contributed by atoms with van der Waals surface area (Å²) in [5.41, 5.74) is 1.69. The van der Waals surface area contributed by atoms with E-state index in [-0.39, 0.29) is 11.7 Å². The zero-order valence-electron chi connectivity index (χ0n) is 11.2. The number of hydrogen-bond donors (Lipinski definition) is 1. The summed E-state index contributed by atoms with van der Waals surface area (Å²) in [5.74, 6) is 0.